The monoisotopic (exact) mass is 228 g/mol. The fraction of sp³-hybridized carbons (Fsp3) is 0.600. The topological polar surface area (TPSA) is 70.1 Å². The van der Waals surface area contributed by atoms with Crippen LogP contribution in [0.2, 0.25) is 0 Å². The first-order chi connectivity index (χ1) is 7.52. The molecule has 0 aromatic carbocycles. The van der Waals surface area contributed by atoms with Crippen LogP contribution < -0.4 is 0 Å². The fourth-order valence-electron chi connectivity index (χ4n) is 1.05. The Morgan fingerprint density at radius 3 is 2.56 bits per heavy atom. The summed E-state index contributed by atoms with van der Waals surface area (Å²) in [5, 5.41) is 8.65. The van der Waals surface area contributed by atoms with E-state index in [4.69, 9.17) is 16.3 Å². The van der Waals surface area contributed by atoms with E-state index in [0.29, 0.717) is 0 Å². The number of carboxylic acid groups (broad SMARTS) is 1. The van der Waals surface area contributed by atoms with E-state index in [9.17, 15) is 9.59 Å². The number of carbonyl (C=O) groups is 2. The minimum Gasteiger partial charge on any atom is -0.480 e. The van der Waals surface area contributed by atoms with E-state index < -0.39 is 12.0 Å². The molecule has 0 unspecified atom stereocenters. The van der Waals surface area contributed by atoms with Gasteiger partial charge in [0.15, 0.2) is 0 Å². The molecule has 0 aliphatic carbocycles. The summed E-state index contributed by atoms with van der Waals surface area (Å²) in [5.74, 6) is 1.24. The van der Waals surface area contributed by atoms with E-state index in [1.165, 1.54) is 24.0 Å². The number of rotatable bonds is 6. The third-order valence-electron chi connectivity index (χ3n) is 1.82. The molecule has 0 bridgehead atoms. The highest BCUT2D eigenvalue weighted by atomic mass is 16.5. The molecule has 0 aromatic rings. The van der Waals surface area contributed by atoms with Crippen molar-refractivity contribution >= 4 is 12.0 Å². The van der Waals surface area contributed by atoms with Crippen molar-refractivity contribution in [2.45, 2.75) is 0 Å². The van der Waals surface area contributed by atoms with Crippen molar-refractivity contribution in [1.29, 1.82) is 0 Å². The van der Waals surface area contributed by atoms with Gasteiger partial charge in [-0.2, -0.15) is 0 Å². The zero-order chi connectivity index (χ0) is 12.6. The number of hydrogen-bond donors (Lipinski definition) is 1. The van der Waals surface area contributed by atoms with Gasteiger partial charge in [0.2, 0.25) is 0 Å². The Morgan fingerprint density at radius 2 is 2.12 bits per heavy atom. The molecule has 6 nitrogen and oxygen atoms in total. The molecule has 0 aromatic heterocycles. The maximum Gasteiger partial charge on any atom is 0.323 e. The minimum absolute atomic E-state index is 0.141. The van der Waals surface area contributed by atoms with Crippen LogP contribution in [0.4, 0.5) is 4.79 Å². The Morgan fingerprint density at radius 1 is 1.50 bits per heavy atom. The van der Waals surface area contributed by atoms with E-state index in [1.54, 1.807) is 0 Å². The first-order valence-electron chi connectivity index (χ1n) is 4.67. The fourth-order valence-corrected chi connectivity index (χ4v) is 1.05. The largest absolute Gasteiger partial charge is 0.480 e. The van der Waals surface area contributed by atoms with E-state index >= 15 is 0 Å². The molecule has 0 atom stereocenters. The zero-order valence-corrected chi connectivity index (χ0v) is 9.47. The summed E-state index contributed by atoms with van der Waals surface area (Å²) < 4.78 is 4.80. The second-order valence-corrected chi connectivity index (χ2v) is 3.15. The standard InChI is InChI=1S/C10H16N2O4/c1-4-5-11(2)10(15)12(6-7-16-3)8-9(13)14/h1H,5-8H2,2-3H3,(H,13,14). The summed E-state index contributed by atoms with van der Waals surface area (Å²) in [6, 6.07) is -0.419. The van der Waals surface area contributed by atoms with Crippen LogP contribution in [0, 0.1) is 12.3 Å². The molecule has 6 heteroatoms. The third kappa shape index (κ3) is 5.22. The van der Waals surface area contributed by atoms with Crippen molar-refractivity contribution in [2.75, 3.05) is 40.4 Å². The van der Waals surface area contributed by atoms with Crippen LogP contribution in [0.1, 0.15) is 0 Å². The van der Waals surface area contributed by atoms with Gasteiger partial charge in [0, 0.05) is 20.7 Å². The lowest BCUT2D eigenvalue weighted by atomic mass is 10.4. The zero-order valence-electron chi connectivity index (χ0n) is 9.47. The molecule has 0 saturated carbocycles. The molecule has 1 N–H and O–H groups in total. The molecule has 0 saturated heterocycles. The average molecular weight is 228 g/mol. The number of carbonyl (C=O) groups excluding carboxylic acids is 1. The number of amides is 2. The van der Waals surface area contributed by atoms with Gasteiger partial charge in [-0.25, -0.2) is 4.79 Å². The maximum absolute atomic E-state index is 11.7. The first kappa shape index (κ1) is 14.3. The summed E-state index contributed by atoms with van der Waals surface area (Å²) >= 11 is 0. The molecular weight excluding hydrogens is 212 g/mol. The number of terminal acetylenes is 1. The van der Waals surface area contributed by atoms with Crippen molar-refractivity contribution in [3.05, 3.63) is 0 Å². The van der Waals surface area contributed by atoms with Crippen LogP contribution in [-0.2, 0) is 9.53 Å². The number of methoxy groups -OCH3 is 1. The lowest BCUT2D eigenvalue weighted by molar-refractivity contribution is -0.137. The lowest BCUT2D eigenvalue weighted by Crippen LogP contribution is -2.45. The Labute approximate surface area is 94.8 Å². The van der Waals surface area contributed by atoms with Crippen LogP contribution in [0.3, 0.4) is 0 Å². The lowest BCUT2D eigenvalue weighted by Gasteiger charge is -2.25. The van der Waals surface area contributed by atoms with E-state index in [1.807, 2.05) is 0 Å². The predicted molar refractivity (Wildman–Crippen MR) is 57.9 cm³/mol. The Hall–Kier alpha value is -1.74. The van der Waals surface area contributed by atoms with Crippen LogP contribution in [0.15, 0.2) is 0 Å². The molecule has 0 rings (SSSR count). The van der Waals surface area contributed by atoms with Crippen molar-refractivity contribution in [2.24, 2.45) is 0 Å². The van der Waals surface area contributed by atoms with Crippen molar-refractivity contribution in [1.82, 2.24) is 9.80 Å². The quantitative estimate of drug-likeness (QED) is 0.634. The highest BCUT2D eigenvalue weighted by Gasteiger charge is 2.19. The summed E-state index contributed by atoms with van der Waals surface area (Å²) in [6.45, 7) is 0.276. The summed E-state index contributed by atoms with van der Waals surface area (Å²) in [6.07, 6.45) is 5.07. The molecule has 0 fully saturated rings. The normalized spacial score (nSPS) is 9.31. The van der Waals surface area contributed by atoms with Crippen LogP contribution in [0.5, 0.6) is 0 Å². The Kier molecular flexibility index (Phi) is 6.72. The number of nitrogens with zero attached hydrogens (tertiary/aromatic N) is 2. The summed E-state index contributed by atoms with van der Waals surface area (Å²) in [4.78, 5) is 24.7. The van der Waals surface area contributed by atoms with E-state index in [2.05, 4.69) is 5.92 Å². The predicted octanol–water partition coefficient (Wildman–Crippen LogP) is -0.296. The van der Waals surface area contributed by atoms with E-state index in [-0.39, 0.29) is 26.2 Å². The van der Waals surface area contributed by atoms with Crippen LogP contribution in [0.25, 0.3) is 0 Å². The highest BCUT2D eigenvalue weighted by molar-refractivity contribution is 5.80. The maximum atomic E-state index is 11.7. The van der Waals surface area contributed by atoms with Gasteiger partial charge in [0.1, 0.15) is 6.54 Å². The van der Waals surface area contributed by atoms with Gasteiger partial charge in [0.25, 0.3) is 0 Å². The van der Waals surface area contributed by atoms with Crippen molar-refractivity contribution in [3.8, 4) is 12.3 Å². The van der Waals surface area contributed by atoms with Crippen molar-refractivity contribution in [3.63, 3.8) is 0 Å². The van der Waals surface area contributed by atoms with Gasteiger partial charge in [-0.15, -0.1) is 6.42 Å². The minimum atomic E-state index is -1.07. The van der Waals surface area contributed by atoms with Crippen molar-refractivity contribution < 1.29 is 19.4 Å². The smallest absolute Gasteiger partial charge is 0.323 e. The molecule has 0 heterocycles. The number of carboxylic acids is 1. The summed E-state index contributed by atoms with van der Waals surface area (Å²) in [5.41, 5.74) is 0. The van der Waals surface area contributed by atoms with Crippen LogP contribution in [-0.4, -0.2) is 67.3 Å². The van der Waals surface area contributed by atoms with Gasteiger partial charge in [-0.1, -0.05) is 5.92 Å². The number of urea groups is 1. The second-order valence-electron chi connectivity index (χ2n) is 3.15. The molecule has 2 amide bonds. The van der Waals surface area contributed by atoms with Gasteiger partial charge < -0.3 is 19.6 Å². The average Bonchev–Trinajstić information content (AvgIpc) is 2.23. The van der Waals surface area contributed by atoms with E-state index in [0.717, 1.165) is 0 Å². The molecule has 0 aliphatic rings. The van der Waals surface area contributed by atoms with Gasteiger partial charge in [-0.05, 0) is 0 Å². The number of aliphatic carboxylic acids is 1. The second kappa shape index (κ2) is 7.54. The summed E-state index contributed by atoms with van der Waals surface area (Å²) in [7, 11) is 3.00. The molecular formula is C10H16N2O4. The molecule has 0 radical (unpaired) electrons. The molecule has 16 heavy (non-hydrogen) atoms. The third-order valence-corrected chi connectivity index (χ3v) is 1.82. The number of ether oxygens (including phenoxy) is 1. The molecule has 0 spiro atoms. The molecule has 90 valence electrons. The first-order valence-corrected chi connectivity index (χ1v) is 4.67. The Balaban J connectivity index is 4.42. The van der Waals surface area contributed by atoms with Gasteiger partial charge in [0.05, 0.1) is 13.2 Å². The number of hydrogen-bond acceptors (Lipinski definition) is 3. The van der Waals surface area contributed by atoms with Gasteiger partial charge >= 0.3 is 12.0 Å². The molecule has 0 aliphatic heterocycles. The van der Waals surface area contributed by atoms with Gasteiger partial charge in [-0.3, -0.25) is 4.79 Å². The van der Waals surface area contributed by atoms with Crippen LogP contribution >= 0.6 is 0 Å². The highest BCUT2D eigenvalue weighted by Crippen LogP contribution is 1.97. The Bertz CT molecular complexity index is 285. The SMILES string of the molecule is C#CCN(C)C(=O)N(CCOC)CC(=O)O.